The number of nitrogens with one attached hydrogen (secondary N) is 1. The number of piperidine rings is 1. The van der Waals surface area contributed by atoms with Crippen LogP contribution < -0.4 is 5.32 Å². The summed E-state index contributed by atoms with van der Waals surface area (Å²) >= 11 is 3.63. The van der Waals surface area contributed by atoms with Gasteiger partial charge in [-0.1, -0.05) is 24.3 Å². The van der Waals surface area contributed by atoms with Crippen molar-refractivity contribution < 1.29 is 0 Å². The maximum Gasteiger partial charge on any atom is 0.171 e. The Morgan fingerprint density at radius 1 is 1.06 bits per heavy atom. The Labute approximate surface area is 212 Å². The summed E-state index contributed by atoms with van der Waals surface area (Å²) in [6, 6.07) is 17.1. The molecule has 4 aromatic heterocycles. The molecule has 6 rings (SSSR count). The lowest BCUT2D eigenvalue weighted by molar-refractivity contribution is 0.200. The fourth-order valence-electron chi connectivity index (χ4n) is 5.10. The molecule has 1 fully saturated rings. The topological polar surface area (TPSA) is 63.3 Å². The van der Waals surface area contributed by atoms with Crippen LogP contribution in [0.4, 0.5) is 5.82 Å². The number of para-hydroxylation sites is 1. The number of anilines is 1. The number of likely N-dealkylation sites (tertiary alicyclic amines) is 1. The third kappa shape index (κ3) is 4.44. The van der Waals surface area contributed by atoms with Gasteiger partial charge in [-0.3, -0.25) is 9.88 Å². The third-order valence-corrected chi connectivity index (χ3v) is 7.65. The molecule has 8 heteroatoms. The molecule has 0 unspecified atom stereocenters. The molecule has 1 aromatic carbocycles. The summed E-state index contributed by atoms with van der Waals surface area (Å²) in [7, 11) is 2.17. The number of aromatic nitrogens is 5. The average Bonchev–Trinajstić information content (AvgIpc) is 3.43. The molecule has 7 nitrogen and oxygen atoms in total. The van der Waals surface area contributed by atoms with Gasteiger partial charge in [-0.2, -0.15) is 9.61 Å². The first kappa shape index (κ1) is 22.2. The van der Waals surface area contributed by atoms with E-state index in [0.717, 1.165) is 59.7 Å². The zero-order chi connectivity index (χ0) is 23.8. The van der Waals surface area contributed by atoms with Crippen LogP contribution >= 0.6 is 15.9 Å². The highest BCUT2D eigenvalue weighted by atomic mass is 79.9. The number of fused-ring (bicyclic) bond motifs is 2. The minimum atomic E-state index is 0.435. The minimum Gasteiger partial charge on any atom is -0.366 e. The van der Waals surface area contributed by atoms with Crippen LogP contribution in [0, 0.1) is 0 Å². The fourth-order valence-corrected chi connectivity index (χ4v) is 5.45. The van der Waals surface area contributed by atoms with E-state index in [4.69, 9.17) is 4.98 Å². The minimum absolute atomic E-state index is 0.435. The van der Waals surface area contributed by atoms with Crippen LogP contribution in [-0.2, 0) is 20.1 Å². The van der Waals surface area contributed by atoms with E-state index < -0.39 is 0 Å². The Hall–Kier alpha value is -3.23. The molecule has 1 aliphatic rings. The number of rotatable bonds is 6. The molecular weight excluding hydrogens is 502 g/mol. The SMILES string of the molecule is Cn1c(CN2CCC(c3cc(NCc4cccnc4)n4ncc(Br)c4n3)CC2)cc2ccccc21. The number of hydrogen-bond donors (Lipinski definition) is 1. The van der Waals surface area contributed by atoms with Crippen LogP contribution in [0.25, 0.3) is 16.6 Å². The highest BCUT2D eigenvalue weighted by molar-refractivity contribution is 9.10. The second-order valence-electron chi connectivity index (χ2n) is 9.31. The van der Waals surface area contributed by atoms with Crippen molar-refractivity contribution in [1.82, 2.24) is 29.0 Å². The summed E-state index contributed by atoms with van der Waals surface area (Å²) in [6.45, 7) is 3.81. The third-order valence-electron chi connectivity index (χ3n) is 7.09. The fraction of sp³-hybridized carbons (Fsp3) is 0.296. The number of hydrogen-bond acceptors (Lipinski definition) is 5. The van der Waals surface area contributed by atoms with E-state index in [2.05, 4.69) is 90.3 Å². The van der Waals surface area contributed by atoms with E-state index in [0.29, 0.717) is 12.5 Å². The second-order valence-corrected chi connectivity index (χ2v) is 10.2. The van der Waals surface area contributed by atoms with Crippen molar-refractivity contribution in [2.45, 2.75) is 31.8 Å². The Morgan fingerprint density at radius 3 is 2.71 bits per heavy atom. The largest absolute Gasteiger partial charge is 0.366 e. The number of halogens is 1. The summed E-state index contributed by atoms with van der Waals surface area (Å²) in [5.41, 5.74) is 5.79. The predicted molar refractivity (Wildman–Crippen MR) is 142 cm³/mol. The van der Waals surface area contributed by atoms with Crippen molar-refractivity contribution in [3.05, 3.63) is 88.5 Å². The van der Waals surface area contributed by atoms with Crippen molar-refractivity contribution in [2.75, 3.05) is 18.4 Å². The van der Waals surface area contributed by atoms with Gasteiger partial charge in [0.2, 0.25) is 0 Å². The van der Waals surface area contributed by atoms with Gasteiger partial charge >= 0.3 is 0 Å². The van der Waals surface area contributed by atoms with Crippen LogP contribution in [0.5, 0.6) is 0 Å². The molecule has 1 N–H and O–H groups in total. The van der Waals surface area contributed by atoms with E-state index in [1.54, 1.807) is 6.20 Å². The summed E-state index contributed by atoms with van der Waals surface area (Å²) in [4.78, 5) is 11.8. The van der Waals surface area contributed by atoms with E-state index in [1.165, 1.54) is 16.6 Å². The Morgan fingerprint density at radius 2 is 1.91 bits per heavy atom. The molecular formula is C27H28BrN7. The van der Waals surface area contributed by atoms with Crippen LogP contribution in [0.2, 0.25) is 0 Å². The molecule has 5 aromatic rings. The van der Waals surface area contributed by atoms with Crippen molar-refractivity contribution in [3.8, 4) is 0 Å². The molecule has 0 bridgehead atoms. The van der Waals surface area contributed by atoms with Gasteiger partial charge in [0.05, 0.1) is 10.7 Å². The van der Waals surface area contributed by atoms with Gasteiger partial charge in [-0.05, 0) is 71.0 Å². The van der Waals surface area contributed by atoms with E-state index in [9.17, 15) is 0 Å². The molecule has 178 valence electrons. The molecule has 0 atom stereocenters. The number of benzene rings is 1. The molecule has 35 heavy (non-hydrogen) atoms. The van der Waals surface area contributed by atoms with E-state index in [-0.39, 0.29) is 0 Å². The molecule has 0 spiro atoms. The first-order valence-corrected chi connectivity index (χ1v) is 12.9. The van der Waals surface area contributed by atoms with Gasteiger partial charge in [0, 0.05) is 61.4 Å². The quantitative estimate of drug-likeness (QED) is 0.320. The van der Waals surface area contributed by atoms with E-state index >= 15 is 0 Å². The van der Waals surface area contributed by atoms with Gasteiger partial charge in [0.1, 0.15) is 5.82 Å². The number of aryl methyl sites for hydroxylation is 1. The Kier molecular flexibility index (Phi) is 6.00. The molecule has 0 aliphatic carbocycles. The van der Waals surface area contributed by atoms with Crippen LogP contribution in [0.1, 0.15) is 35.7 Å². The molecule has 0 amide bonds. The van der Waals surface area contributed by atoms with Gasteiger partial charge in [-0.25, -0.2) is 4.98 Å². The zero-order valence-corrected chi connectivity index (χ0v) is 21.3. The average molecular weight is 530 g/mol. The lowest BCUT2D eigenvalue weighted by atomic mass is 9.93. The molecule has 1 saturated heterocycles. The normalized spacial score (nSPS) is 15.3. The predicted octanol–water partition coefficient (Wildman–Crippen LogP) is 5.37. The summed E-state index contributed by atoms with van der Waals surface area (Å²) in [5.74, 6) is 1.39. The smallest absolute Gasteiger partial charge is 0.171 e. The maximum atomic E-state index is 5.00. The molecule has 5 heterocycles. The zero-order valence-electron chi connectivity index (χ0n) is 19.7. The number of nitrogens with zero attached hydrogens (tertiary/aromatic N) is 6. The lowest BCUT2D eigenvalue weighted by Crippen LogP contribution is -2.33. The highest BCUT2D eigenvalue weighted by Gasteiger charge is 2.24. The maximum absolute atomic E-state index is 5.00. The standard InChI is InChI=1S/C27H28BrN7/c1-33-22(13-21-6-2-3-7-25(21)33)18-34-11-8-20(9-12-34)24-14-26(30-16-19-5-4-10-29-15-19)35-27(32-24)23(28)17-31-35/h2-7,10,13-15,17,20,30H,8-9,11-12,16,18H2,1H3. The Balaban J connectivity index is 1.18. The lowest BCUT2D eigenvalue weighted by Gasteiger charge is -2.32. The number of pyridine rings is 1. The van der Waals surface area contributed by atoms with Gasteiger partial charge < -0.3 is 9.88 Å². The summed E-state index contributed by atoms with van der Waals surface area (Å²) in [6.07, 6.45) is 7.69. The molecule has 1 aliphatic heterocycles. The van der Waals surface area contributed by atoms with Crippen molar-refractivity contribution >= 4 is 38.3 Å². The van der Waals surface area contributed by atoms with Gasteiger partial charge in [0.15, 0.2) is 5.65 Å². The van der Waals surface area contributed by atoms with Crippen LogP contribution in [0.15, 0.2) is 71.6 Å². The second kappa shape index (κ2) is 9.43. The summed E-state index contributed by atoms with van der Waals surface area (Å²) in [5, 5.41) is 9.38. The highest BCUT2D eigenvalue weighted by Crippen LogP contribution is 2.31. The first-order chi connectivity index (χ1) is 17.2. The Bertz CT molecular complexity index is 1470. The van der Waals surface area contributed by atoms with Gasteiger partial charge in [-0.15, -0.1) is 0 Å². The molecule has 0 saturated carbocycles. The molecule has 0 radical (unpaired) electrons. The van der Waals surface area contributed by atoms with Crippen LogP contribution in [0.3, 0.4) is 0 Å². The summed E-state index contributed by atoms with van der Waals surface area (Å²) < 4.78 is 5.12. The monoisotopic (exact) mass is 529 g/mol. The van der Waals surface area contributed by atoms with Gasteiger partial charge in [0.25, 0.3) is 0 Å². The van der Waals surface area contributed by atoms with E-state index in [1.807, 2.05) is 23.0 Å². The van der Waals surface area contributed by atoms with Crippen molar-refractivity contribution in [1.29, 1.82) is 0 Å². The van der Waals surface area contributed by atoms with Crippen LogP contribution in [-0.4, -0.2) is 42.1 Å². The van der Waals surface area contributed by atoms with Crippen molar-refractivity contribution in [2.24, 2.45) is 7.05 Å². The first-order valence-electron chi connectivity index (χ1n) is 12.1. The van der Waals surface area contributed by atoms with Crippen molar-refractivity contribution in [3.63, 3.8) is 0 Å².